The highest BCUT2D eigenvalue weighted by molar-refractivity contribution is 5.51. The summed E-state index contributed by atoms with van der Waals surface area (Å²) in [6.45, 7) is 1.52. The molecule has 0 saturated carbocycles. The molecular formula is C9H13N7. The van der Waals surface area contributed by atoms with Crippen LogP contribution in [0.15, 0.2) is 30.7 Å². The highest BCUT2D eigenvalue weighted by atomic mass is 15.4. The van der Waals surface area contributed by atoms with Crippen molar-refractivity contribution >= 4 is 11.5 Å². The largest absolute Gasteiger partial charge is 0.383 e. The first-order valence-corrected chi connectivity index (χ1v) is 4.89. The van der Waals surface area contributed by atoms with Crippen LogP contribution in [0.4, 0.5) is 11.5 Å². The molecule has 0 aliphatic rings. The van der Waals surface area contributed by atoms with E-state index in [9.17, 15) is 0 Å². The maximum absolute atomic E-state index is 5.26. The smallest absolute Gasteiger partial charge is 0.141 e. The van der Waals surface area contributed by atoms with Crippen LogP contribution in [-0.4, -0.2) is 26.5 Å². The van der Waals surface area contributed by atoms with Gasteiger partial charge in [0.15, 0.2) is 0 Å². The van der Waals surface area contributed by atoms with Gasteiger partial charge in [0.25, 0.3) is 0 Å². The summed E-state index contributed by atoms with van der Waals surface area (Å²) >= 11 is 0. The van der Waals surface area contributed by atoms with Gasteiger partial charge >= 0.3 is 0 Å². The first-order chi connectivity index (χ1) is 7.88. The van der Waals surface area contributed by atoms with Crippen molar-refractivity contribution in [2.75, 3.05) is 17.3 Å². The van der Waals surface area contributed by atoms with E-state index in [1.54, 1.807) is 17.1 Å². The van der Waals surface area contributed by atoms with Crippen LogP contribution in [0.3, 0.4) is 0 Å². The summed E-state index contributed by atoms with van der Waals surface area (Å²) in [7, 11) is 0. The molecule has 0 aliphatic heterocycles. The molecule has 2 rings (SSSR count). The molecule has 0 atom stereocenters. The molecule has 4 N–H and O–H groups in total. The summed E-state index contributed by atoms with van der Waals surface area (Å²) in [6, 6.07) is 3.71. The van der Waals surface area contributed by atoms with E-state index in [0.29, 0.717) is 5.82 Å². The monoisotopic (exact) mass is 219 g/mol. The Kier molecular flexibility index (Phi) is 3.29. The van der Waals surface area contributed by atoms with Crippen molar-refractivity contribution in [2.24, 2.45) is 5.84 Å². The van der Waals surface area contributed by atoms with Gasteiger partial charge in [-0.25, -0.2) is 10.8 Å². The van der Waals surface area contributed by atoms with Gasteiger partial charge in [-0.3, -0.25) is 4.68 Å². The number of rotatable bonds is 5. The zero-order chi connectivity index (χ0) is 11.2. The molecule has 0 amide bonds. The Morgan fingerprint density at radius 3 is 3.06 bits per heavy atom. The van der Waals surface area contributed by atoms with Gasteiger partial charge in [0.05, 0.1) is 12.7 Å². The van der Waals surface area contributed by atoms with Crippen LogP contribution < -0.4 is 16.6 Å². The highest BCUT2D eigenvalue weighted by Crippen LogP contribution is 2.10. The first-order valence-electron chi connectivity index (χ1n) is 4.89. The maximum Gasteiger partial charge on any atom is 0.141 e. The summed E-state index contributed by atoms with van der Waals surface area (Å²) in [6.07, 6.45) is 5.16. The van der Waals surface area contributed by atoms with Crippen molar-refractivity contribution < 1.29 is 0 Å². The molecule has 0 radical (unpaired) electrons. The second kappa shape index (κ2) is 5.08. The number of aromatic nitrogens is 4. The van der Waals surface area contributed by atoms with Crippen LogP contribution >= 0.6 is 0 Å². The number of nitrogen functional groups attached to an aromatic ring is 1. The van der Waals surface area contributed by atoms with Crippen LogP contribution in [0.25, 0.3) is 0 Å². The Hall–Kier alpha value is -2.15. The zero-order valence-electron chi connectivity index (χ0n) is 8.67. The van der Waals surface area contributed by atoms with E-state index in [4.69, 9.17) is 5.84 Å². The summed E-state index contributed by atoms with van der Waals surface area (Å²) in [4.78, 5) is 4.01. The predicted octanol–water partition coefficient (Wildman–Crippen LogP) is 0.0708. The normalized spacial score (nSPS) is 10.1. The van der Waals surface area contributed by atoms with E-state index in [1.807, 2.05) is 18.3 Å². The standard InChI is InChI=1S/C9H13N7/c10-14-9-7-8(1-2-12-9)11-3-5-16-6-4-13-15-16/h1-2,4,6-7H,3,5,10H2,(H2,11,12,14). The Morgan fingerprint density at radius 1 is 1.38 bits per heavy atom. The van der Waals surface area contributed by atoms with Crippen LogP contribution in [-0.2, 0) is 6.54 Å². The summed E-state index contributed by atoms with van der Waals surface area (Å²) in [5.74, 6) is 5.89. The topological polar surface area (TPSA) is 93.7 Å². The summed E-state index contributed by atoms with van der Waals surface area (Å²) in [5, 5.41) is 10.8. The lowest BCUT2D eigenvalue weighted by Gasteiger charge is -2.07. The minimum atomic E-state index is 0.630. The van der Waals surface area contributed by atoms with Gasteiger partial charge in [-0.05, 0) is 6.07 Å². The quantitative estimate of drug-likeness (QED) is 0.486. The molecule has 2 aromatic rings. The fourth-order valence-electron chi connectivity index (χ4n) is 1.29. The van der Waals surface area contributed by atoms with Gasteiger partial charge in [-0.2, -0.15) is 0 Å². The molecule has 0 saturated heterocycles. The lowest BCUT2D eigenvalue weighted by atomic mass is 10.4. The van der Waals surface area contributed by atoms with Crippen molar-refractivity contribution in [1.29, 1.82) is 0 Å². The molecule has 84 valence electrons. The third-order valence-electron chi connectivity index (χ3n) is 2.05. The van der Waals surface area contributed by atoms with Crippen molar-refractivity contribution in [3.63, 3.8) is 0 Å². The fourth-order valence-corrected chi connectivity index (χ4v) is 1.29. The third kappa shape index (κ3) is 2.67. The Morgan fingerprint density at radius 2 is 2.31 bits per heavy atom. The van der Waals surface area contributed by atoms with E-state index in [2.05, 4.69) is 26.0 Å². The number of anilines is 2. The van der Waals surface area contributed by atoms with E-state index in [0.717, 1.165) is 18.8 Å². The number of nitrogens with two attached hydrogens (primary N) is 1. The number of hydrogen-bond acceptors (Lipinski definition) is 6. The maximum atomic E-state index is 5.26. The fraction of sp³-hybridized carbons (Fsp3) is 0.222. The van der Waals surface area contributed by atoms with Crippen LogP contribution in [0.2, 0.25) is 0 Å². The Labute approximate surface area is 92.6 Å². The highest BCUT2D eigenvalue weighted by Gasteiger charge is 1.95. The van der Waals surface area contributed by atoms with Gasteiger partial charge in [-0.1, -0.05) is 5.21 Å². The summed E-state index contributed by atoms with van der Waals surface area (Å²) in [5.41, 5.74) is 3.45. The van der Waals surface area contributed by atoms with Crippen LogP contribution in [0.5, 0.6) is 0 Å². The number of hydrogen-bond donors (Lipinski definition) is 3. The first kappa shape index (κ1) is 10.4. The minimum absolute atomic E-state index is 0.630. The molecule has 2 aromatic heterocycles. The molecule has 0 aromatic carbocycles. The molecule has 0 aliphatic carbocycles. The van der Waals surface area contributed by atoms with E-state index in [-0.39, 0.29) is 0 Å². The van der Waals surface area contributed by atoms with Crippen molar-refractivity contribution in [2.45, 2.75) is 6.54 Å². The lowest BCUT2D eigenvalue weighted by molar-refractivity contribution is 0.609. The van der Waals surface area contributed by atoms with E-state index in [1.165, 1.54) is 0 Å². The predicted molar refractivity (Wildman–Crippen MR) is 60.6 cm³/mol. The molecule has 0 fully saturated rings. The molecule has 0 unspecified atom stereocenters. The average Bonchev–Trinajstić information content (AvgIpc) is 2.82. The van der Waals surface area contributed by atoms with E-state index >= 15 is 0 Å². The Bertz CT molecular complexity index is 425. The Balaban J connectivity index is 1.85. The summed E-state index contributed by atoms with van der Waals surface area (Å²) < 4.78 is 1.76. The number of nitrogens with one attached hydrogen (secondary N) is 2. The van der Waals surface area contributed by atoms with Gasteiger partial charge in [-0.15, -0.1) is 5.10 Å². The number of nitrogens with zero attached hydrogens (tertiary/aromatic N) is 4. The number of hydrazine groups is 1. The second-order valence-electron chi connectivity index (χ2n) is 3.17. The molecule has 16 heavy (non-hydrogen) atoms. The number of pyridine rings is 1. The zero-order valence-corrected chi connectivity index (χ0v) is 8.67. The molecule has 0 spiro atoms. The minimum Gasteiger partial charge on any atom is -0.383 e. The lowest BCUT2D eigenvalue weighted by Crippen LogP contribution is -2.12. The van der Waals surface area contributed by atoms with Crippen LogP contribution in [0.1, 0.15) is 0 Å². The average molecular weight is 219 g/mol. The van der Waals surface area contributed by atoms with Gasteiger partial charge < -0.3 is 10.7 Å². The van der Waals surface area contributed by atoms with Gasteiger partial charge in [0.1, 0.15) is 5.82 Å². The second-order valence-corrected chi connectivity index (χ2v) is 3.17. The van der Waals surface area contributed by atoms with Crippen molar-refractivity contribution in [3.05, 3.63) is 30.7 Å². The van der Waals surface area contributed by atoms with Crippen molar-refractivity contribution in [3.8, 4) is 0 Å². The molecular weight excluding hydrogens is 206 g/mol. The molecule has 0 bridgehead atoms. The van der Waals surface area contributed by atoms with Crippen LogP contribution in [0, 0.1) is 0 Å². The van der Waals surface area contributed by atoms with Gasteiger partial charge in [0, 0.05) is 30.7 Å². The molecule has 7 nitrogen and oxygen atoms in total. The third-order valence-corrected chi connectivity index (χ3v) is 2.05. The SMILES string of the molecule is NNc1cc(NCCn2ccnn2)ccn1. The van der Waals surface area contributed by atoms with Crippen molar-refractivity contribution in [1.82, 2.24) is 20.0 Å². The molecule has 7 heteroatoms. The molecule has 2 heterocycles. The van der Waals surface area contributed by atoms with E-state index < -0.39 is 0 Å². The van der Waals surface area contributed by atoms with Gasteiger partial charge in [0.2, 0.25) is 0 Å².